The lowest BCUT2D eigenvalue weighted by molar-refractivity contribution is 0.157. The summed E-state index contributed by atoms with van der Waals surface area (Å²) in [7, 11) is 0. The predicted octanol–water partition coefficient (Wildman–Crippen LogP) is 0.478. The lowest BCUT2D eigenvalue weighted by Crippen LogP contribution is -2.23. The molecule has 90 valence electrons. The highest BCUT2D eigenvalue weighted by molar-refractivity contribution is 5.64. The van der Waals surface area contributed by atoms with Gasteiger partial charge in [-0.3, -0.25) is 4.68 Å². The number of nitrogens with zero attached hydrogens (tertiary/aromatic N) is 2. The van der Waals surface area contributed by atoms with Gasteiger partial charge in [-0.15, -0.1) is 0 Å². The Morgan fingerprint density at radius 3 is 3.19 bits per heavy atom. The summed E-state index contributed by atoms with van der Waals surface area (Å²) in [4.78, 5) is 10.3. The Morgan fingerprint density at radius 2 is 2.50 bits per heavy atom. The van der Waals surface area contributed by atoms with Gasteiger partial charge in [-0.1, -0.05) is 6.92 Å². The van der Waals surface area contributed by atoms with Gasteiger partial charge in [0.2, 0.25) is 0 Å². The van der Waals surface area contributed by atoms with Crippen molar-refractivity contribution in [3.8, 4) is 0 Å². The van der Waals surface area contributed by atoms with Crippen molar-refractivity contribution in [3.05, 3.63) is 18.0 Å². The Hall–Kier alpha value is -1.56. The number of carbonyl (C=O) groups is 1. The van der Waals surface area contributed by atoms with Crippen molar-refractivity contribution < 1.29 is 9.53 Å². The van der Waals surface area contributed by atoms with Crippen LogP contribution in [0.1, 0.15) is 18.9 Å². The molecule has 0 aromatic carbocycles. The second kappa shape index (κ2) is 6.84. The monoisotopic (exact) mass is 226 g/mol. The van der Waals surface area contributed by atoms with Crippen LogP contribution in [0.2, 0.25) is 0 Å². The van der Waals surface area contributed by atoms with Gasteiger partial charge >= 0.3 is 6.09 Å². The van der Waals surface area contributed by atoms with Crippen LogP contribution in [0.4, 0.5) is 4.79 Å². The molecule has 1 amide bonds. The van der Waals surface area contributed by atoms with Gasteiger partial charge in [0.1, 0.15) is 6.61 Å². The van der Waals surface area contributed by atoms with E-state index in [1.807, 2.05) is 17.1 Å². The first-order chi connectivity index (χ1) is 7.72. The highest BCUT2D eigenvalue weighted by atomic mass is 16.5. The Bertz CT molecular complexity index is 324. The molecule has 0 aliphatic carbocycles. The third-order valence-electron chi connectivity index (χ3n) is 1.99. The van der Waals surface area contributed by atoms with Crippen LogP contribution >= 0.6 is 0 Å². The van der Waals surface area contributed by atoms with E-state index in [1.165, 1.54) is 0 Å². The van der Waals surface area contributed by atoms with Crippen LogP contribution in [0.25, 0.3) is 0 Å². The summed E-state index contributed by atoms with van der Waals surface area (Å²) >= 11 is 0. The molecule has 0 unspecified atom stereocenters. The number of nitrogens with two attached hydrogens (primary N) is 1. The normalized spacial score (nSPS) is 10.3. The number of amides is 1. The molecule has 1 rings (SSSR count). The van der Waals surface area contributed by atoms with E-state index >= 15 is 0 Å². The number of aryl methyl sites for hydroxylation is 1. The van der Waals surface area contributed by atoms with Crippen molar-refractivity contribution in [2.45, 2.75) is 26.4 Å². The molecule has 1 heterocycles. The molecule has 6 heteroatoms. The van der Waals surface area contributed by atoms with E-state index in [2.05, 4.69) is 22.1 Å². The Balaban J connectivity index is 2.14. The van der Waals surface area contributed by atoms with Crippen molar-refractivity contribution >= 4 is 6.09 Å². The fraction of sp³-hybridized carbons (Fsp3) is 0.600. The number of hydrogen-bond donors (Lipinski definition) is 2. The highest BCUT2D eigenvalue weighted by Gasteiger charge is 1.98. The highest BCUT2D eigenvalue weighted by Crippen LogP contribution is 1.97. The van der Waals surface area contributed by atoms with Crippen LogP contribution in [0, 0.1) is 0 Å². The van der Waals surface area contributed by atoms with E-state index in [0.29, 0.717) is 19.7 Å². The smallest absolute Gasteiger partial charge is 0.404 e. The van der Waals surface area contributed by atoms with E-state index in [-0.39, 0.29) is 0 Å². The maximum absolute atomic E-state index is 10.3. The molecule has 16 heavy (non-hydrogen) atoms. The Morgan fingerprint density at radius 1 is 1.69 bits per heavy atom. The fourth-order valence-electron chi connectivity index (χ4n) is 1.31. The molecule has 0 bridgehead atoms. The first kappa shape index (κ1) is 12.5. The molecule has 0 fully saturated rings. The van der Waals surface area contributed by atoms with E-state index < -0.39 is 6.09 Å². The minimum Gasteiger partial charge on any atom is -0.448 e. The average Bonchev–Trinajstić information content (AvgIpc) is 2.65. The van der Waals surface area contributed by atoms with Crippen molar-refractivity contribution in [3.63, 3.8) is 0 Å². The topological polar surface area (TPSA) is 82.2 Å². The molecular formula is C10H18N4O2. The number of ether oxygens (including phenoxy) is 1. The Labute approximate surface area is 94.8 Å². The molecule has 0 saturated carbocycles. The molecule has 0 spiro atoms. The van der Waals surface area contributed by atoms with Crippen LogP contribution in [-0.4, -0.2) is 29.0 Å². The minimum atomic E-state index is -0.738. The van der Waals surface area contributed by atoms with Crippen LogP contribution < -0.4 is 11.1 Å². The molecule has 0 saturated heterocycles. The zero-order valence-electron chi connectivity index (χ0n) is 9.48. The fourth-order valence-corrected chi connectivity index (χ4v) is 1.31. The number of hydrogen-bond acceptors (Lipinski definition) is 4. The van der Waals surface area contributed by atoms with Crippen molar-refractivity contribution in [2.75, 3.05) is 13.2 Å². The molecule has 0 radical (unpaired) electrons. The first-order valence-electron chi connectivity index (χ1n) is 5.36. The van der Waals surface area contributed by atoms with Gasteiger partial charge in [0.05, 0.1) is 6.20 Å². The van der Waals surface area contributed by atoms with E-state index in [0.717, 1.165) is 18.5 Å². The van der Waals surface area contributed by atoms with E-state index in [1.54, 1.807) is 0 Å². The average molecular weight is 226 g/mol. The third-order valence-corrected chi connectivity index (χ3v) is 1.99. The third kappa shape index (κ3) is 4.79. The van der Waals surface area contributed by atoms with Crippen molar-refractivity contribution in [1.82, 2.24) is 15.1 Å². The van der Waals surface area contributed by atoms with Gasteiger partial charge < -0.3 is 15.8 Å². The first-order valence-corrected chi connectivity index (χ1v) is 5.36. The quantitative estimate of drug-likeness (QED) is 0.662. The maximum atomic E-state index is 10.3. The number of aromatic nitrogens is 2. The summed E-state index contributed by atoms with van der Waals surface area (Å²) in [5, 5.41) is 7.33. The van der Waals surface area contributed by atoms with Crippen LogP contribution in [0.15, 0.2) is 12.4 Å². The molecule has 6 nitrogen and oxygen atoms in total. The molecule has 1 aromatic heterocycles. The SMILES string of the molecule is CCCn1cc(CNCCOC(N)=O)cn1. The zero-order chi connectivity index (χ0) is 11.8. The lowest BCUT2D eigenvalue weighted by atomic mass is 10.3. The minimum absolute atomic E-state index is 0.290. The number of primary amides is 1. The summed E-state index contributed by atoms with van der Waals surface area (Å²) in [6.07, 6.45) is 4.17. The molecule has 3 N–H and O–H groups in total. The predicted molar refractivity (Wildman–Crippen MR) is 59.8 cm³/mol. The summed E-state index contributed by atoms with van der Waals surface area (Å²) < 4.78 is 6.49. The maximum Gasteiger partial charge on any atom is 0.404 e. The molecular weight excluding hydrogens is 208 g/mol. The summed E-state index contributed by atoms with van der Waals surface area (Å²) in [6, 6.07) is 0. The summed E-state index contributed by atoms with van der Waals surface area (Å²) in [5.74, 6) is 0. The Kier molecular flexibility index (Phi) is 5.35. The largest absolute Gasteiger partial charge is 0.448 e. The van der Waals surface area contributed by atoms with Gasteiger partial charge in [0.25, 0.3) is 0 Å². The number of rotatable bonds is 7. The van der Waals surface area contributed by atoms with Crippen LogP contribution in [0.3, 0.4) is 0 Å². The second-order valence-electron chi connectivity index (χ2n) is 3.46. The molecule has 0 aliphatic rings. The van der Waals surface area contributed by atoms with Gasteiger partial charge in [0.15, 0.2) is 0 Å². The standard InChI is InChI=1S/C10H18N4O2/c1-2-4-14-8-9(7-13-14)6-12-3-5-16-10(11)15/h7-8,12H,2-6H2,1H3,(H2,11,15). The molecule has 0 aliphatic heterocycles. The van der Waals surface area contributed by atoms with Crippen LogP contribution in [0.5, 0.6) is 0 Å². The van der Waals surface area contributed by atoms with E-state index in [9.17, 15) is 4.79 Å². The lowest BCUT2D eigenvalue weighted by Gasteiger charge is -2.02. The number of nitrogens with one attached hydrogen (secondary N) is 1. The van der Waals surface area contributed by atoms with Gasteiger partial charge in [0, 0.05) is 31.4 Å². The zero-order valence-corrected chi connectivity index (χ0v) is 9.48. The van der Waals surface area contributed by atoms with Crippen molar-refractivity contribution in [1.29, 1.82) is 0 Å². The number of carbonyl (C=O) groups excluding carboxylic acids is 1. The second-order valence-corrected chi connectivity index (χ2v) is 3.46. The van der Waals surface area contributed by atoms with E-state index in [4.69, 9.17) is 5.73 Å². The summed E-state index contributed by atoms with van der Waals surface area (Å²) in [6.45, 7) is 4.64. The molecule has 1 aromatic rings. The van der Waals surface area contributed by atoms with Crippen LogP contribution in [-0.2, 0) is 17.8 Å². The van der Waals surface area contributed by atoms with Crippen molar-refractivity contribution in [2.24, 2.45) is 5.73 Å². The van der Waals surface area contributed by atoms with Gasteiger partial charge in [-0.25, -0.2) is 4.79 Å². The molecule has 0 atom stereocenters. The van der Waals surface area contributed by atoms with Gasteiger partial charge in [-0.05, 0) is 6.42 Å². The van der Waals surface area contributed by atoms with Gasteiger partial charge in [-0.2, -0.15) is 5.10 Å². The summed E-state index contributed by atoms with van der Waals surface area (Å²) in [5.41, 5.74) is 5.94.